The lowest BCUT2D eigenvalue weighted by Gasteiger charge is -2.16. The Morgan fingerprint density at radius 1 is 1.20 bits per heavy atom. The Bertz CT molecular complexity index is 721. The number of carbonyl (C=O) groups is 2. The van der Waals surface area contributed by atoms with E-state index in [1.807, 2.05) is 31.2 Å². The van der Waals surface area contributed by atoms with E-state index >= 15 is 0 Å². The van der Waals surface area contributed by atoms with Gasteiger partial charge in [0.05, 0.1) is 18.1 Å². The average Bonchev–Trinajstić information content (AvgIpc) is 2.76. The molecule has 2 aromatic carbocycles. The van der Waals surface area contributed by atoms with Crippen LogP contribution in [0.5, 0.6) is 0 Å². The molecule has 1 aliphatic rings. The van der Waals surface area contributed by atoms with Crippen LogP contribution in [0.2, 0.25) is 0 Å². The second-order valence-electron chi connectivity index (χ2n) is 4.86. The molecule has 0 aromatic heterocycles. The highest BCUT2D eigenvalue weighted by molar-refractivity contribution is 6.15. The number of amides is 1. The van der Waals surface area contributed by atoms with E-state index in [0.29, 0.717) is 6.54 Å². The molecule has 1 heterocycles. The molecule has 0 radical (unpaired) electrons. The number of aryl methyl sites for hydroxylation is 1. The standard InChI is InChI=1S/C16H13NO3/c1-10-4-2-6-12(8-10)17-9-11-5-3-7-13(16(19)20)14(11)15(17)18/h2-8H,9H2,1H3,(H,19,20)/p-1. The van der Waals surface area contributed by atoms with Crippen molar-refractivity contribution in [3.8, 4) is 0 Å². The third kappa shape index (κ3) is 1.86. The van der Waals surface area contributed by atoms with Crippen LogP contribution < -0.4 is 10.0 Å². The average molecular weight is 266 g/mol. The van der Waals surface area contributed by atoms with Crippen LogP contribution in [0.25, 0.3) is 0 Å². The van der Waals surface area contributed by atoms with Crippen molar-refractivity contribution in [2.75, 3.05) is 4.90 Å². The van der Waals surface area contributed by atoms with Crippen LogP contribution in [-0.4, -0.2) is 11.9 Å². The smallest absolute Gasteiger partial charge is 0.259 e. The Morgan fingerprint density at radius 3 is 2.65 bits per heavy atom. The fraction of sp³-hybridized carbons (Fsp3) is 0.125. The summed E-state index contributed by atoms with van der Waals surface area (Å²) in [5.41, 5.74) is 2.75. The van der Waals surface area contributed by atoms with Gasteiger partial charge < -0.3 is 14.8 Å². The molecule has 0 atom stereocenters. The molecule has 1 aliphatic heterocycles. The highest BCUT2D eigenvalue weighted by Gasteiger charge is 2.30. The Hall–Kier alpha value is -2.62. The van der Waals surface area contributed by atoms with Gasteiger partial charge in [-0.25, -0.2) is 0 Å². The second kappa shape index (κ2) is 4.49. The molecule has 1 amide bonds. The molecule has 0 spiro atoms. The minimum Gasteiger partial charge on any atom is -0.545 e. The highest BCUT2D eigenvalue weighted by atomic mass is 16.4. The van der Waals surface area contributed by atoms with Crippen LogP contribution >= 0.6 is 0 Å². The van der Waals surface area contributed by atoms with Crippen LogP contribution in [0.3, 0.4) is 0 Å². The van der Waals surface area contributed by atoms with Gasteiger partial charge in [-0.05, 0) is 30.2 Å². The minimum absolute atomic E-state index is 0.0392. The van der Waals surface area contributed by atoms with E-state index in [4.69, 9.17) is 0 Å². The van der Waals surface area contributed by atoms with Crippen molar-refractivity contribution in [3.05, 3.63) is 64.7 Å². The summed E-state index contributed by atoms with van der Waals surface area (Å²) in [7, 11) is 0. The Morgan fingerprint density at radius 2 is 1.95 bits per heavy atom. The van der Waals surface area contributed by atoms with Crippen molar-refractivity contribution < 1.29 is 14.7 Å². The van der Waals surface area contributed by atoms with Crippen LogP contribution in [0.15, 0.2) is 42.5 Å². The van der Waals surface area contributed by atoms with E-state index < -0.39 is 5.97 Å². The first-order valence-electron chi connectivity index (χ1n) is 6.29. The first-order valence-corrected chi connectivity index (χ1v) is 6.29. The van der Waals surface area contributed by atoms with Crippen molar-refractivity contribution in [2.45, 2.75) is 13.5 Å². The van der Waals surface area contributed by atoms with Gasteiger partial charge in [0, 0.05) is 11.3 Å². The summed E-state index contributed by atoms with van der Waals surface area (Å²) in [6.45, 7) is 2.34. The van der Waals surface area contributed by atoms with Crippen LogP contribution in [0.4, 0.5) is 5.69 Å². The number of carbonyl (C=O) groups excluding carboxylic acids is 2. The molecule has 0 aliphatic carbocycles. The van der Waals surface area contributed by atoms with Crippen molar-refractivity contribution in [1.82, 2.24) is 0 Å². The van der Waals surface area contributed by atoms with Gasteiger partial charge in [-0.2, -0.15) is 0 Å². The maximum Gasteiger partial charge on any atom is 0.259 e. The Kier molecular flexibility index (Phi) is 2.79. The number of anilines is 1. The number of rotatable bonds is 2. The van der Waals surface area contributed by atoms with E-state index in [1.165, 1.54) is 6.07 Å². The summed E-state index contributed by atoms with van der Waals surface area (Å²) in [4.78, 5) is 25.2. The molecule has 0 saturated heterocycles. The summed E-state index contributed by atoms with van der Waals surface area (Å²) < 4.78 is 0. The first-order chi connectivity index (χ1) is 9.58. The summed E-state index contributed by atoms with van der Waals surface area (Å²) >= 11 is 0. The fourth-order valence-corrected chi connectivity index (χ4v) is 2.54. The molecule has 100 valence electrons. The quantitative estimate of drug-likeness (QED) is 0.828. The van der Waals surface area contributed by atoms with Gasteiger partial charge in [0.2, 0.25) is 0 Å². The van der Waals surface area contributed by atoms with Gasteiger partial charge in [0.25, 0.3) is 5.91 Å². The molecule has 0 saturated carbocycles. The first kappa shape index (κ1) is 12.4. The van der Waals surface area contributed by atoms with E-state index in [0.717, 1.165) is 16.8 Å². The summed E-state index contributed by atoms with van der Waals surface area (Å²) in [5.74, 6) is -1.60. The number of hydrogen-bond acceptors (Lipinski definition) is 3. The predicted molar refractivity (Wildman–Crippen MR) is 72.5 cm³/mol. The zero-order chi connectivity index (χ0) is 14.3. The molecule has 20 heavy (non-hydrogen) atoms. The SMILES string of the molecule is Cc1cccc(N2Cc3cccc(C(=O)[O-])c3C2=O)c1. The molecule has 4 heteroatoms. The third-order valence-electron chi connectivity index (χ3n) is 3.47. The summed E-state index contributed by atoms with van der Waals surface area (Å²) in [6, 6.07) is 12.4. The molecule has 4 nitrogen and oxygen atoms in total. The fourth-order valence-electron chi connectivity index (χ4n) is 2.54. The van der Waals surface area contributed by atoms with E-state index in [9.17, 15) is 14.7 Å². The molecule has 0 unspecified atom stereocenters. The van der Waals surface area contributed by atoms with Gasteiger partial charge in [0.1, 0.15) is 0 Å². The third-order valence-corrected chi connectivity index (χ3v) is 3.47. The second-order valence-corrected chi connectivity index (χ2v) is 4.86. The van der Waals surface area contributed by atoms with E-state index in [2.05, 4.69) is 0 Å². The van der Waals surface area contributed by atoms with E-state index in [1.54, 1.807) is 17.0 Å². The monoisotopic (exact) mass is 266 g/mol. The number of benzene rings is 2. The van der Waals surface area contributed by atoms with Crippen LogP contribution in [0.1, 0.15) is 31.8 Å². The zero-order valence-corrected chi connectivity index (χ0v) is 10.9. The van der Waals surface area contributed by atoms with E-state index in [-0.39, 0.29) is 17.0 Å². The van der Waals surface area contributed by atoms with Crippen molar-refractivity contribution in [2.24, 2.45) is 0 Å². The molecule has 2 aromatic rings. The molecule has 0 N–H and O–H groups in total. The lowest BCUT2D eigenvalue weighted by atomic mass is 10.0. The topological polar surface area (TPSA) is 60.4 Å². The minimum atomic E-state index is -1.32. The Labute approximate surface area is 116 Å². The molecular formula is C16H12NO3-. The number of aromatic carboxylic acids is 1. The molecular weight excluding hydrogens is 254 g/mol. The number of fused-ring (bicyclic) bond motifs is 1. The summed E-state index contributed by atoms with van der Waals surface area (Å²) in [6.07, 6.45) is 0. The van der Waals surface area contributed by atoms with Crippen LogP contribution in [0, 0.1) is 6.92 Å². The Balaban J connectivity index is 2.07. The normalized spacial score (nSPS) is 13.4. The maximum atomic E-state index is 12.5. The lowest BCUT2D eigenvalue weighted by molar-refractivity contribution is -0.255. The number of hydrogen-bond donors (Lipinski definition) is 0. The highest BCUT2D eigenvalue weighted by Crippen LogP contribution is 2.30. The van der Waals surface area contributed by atoms with Gasteiger partial charge in [0.15, 0.2) is 0 Å². The van der Waals surface area contributed by atoms with Crippen molar-refractivity contribution >= 4 is 17.6 Å². The molecule has 3 rings (SSSR count). The van der Waals surface area contributed by atoms with Gasteiger partial charge in [-0.15, -0.1) is 0 Å². The van der Waals surface area contributed by atoms with Gasteiger partial charge in [-0.1, -0.05) is 30.3 Å². The summed E-state index contributed by atoms with van der Waals surface area (Å²) in [5, 5.41) is 11.1. The lowest BCUT2D eigenvalue weighted by Crippen LogP contribution is -2.27. The molecule has 0 bridgehead atoms. The predicted octanol–water partition coefficient (Wildman–Crippen LogP) is 1.52. The number of nitrogens with zero attached hydrogens (tertiary/aromatic N) is 1. The van der Waals surface area contributed by atoms with Crippen molar-refractivity contribution in [1.29, 1.82) is 0 Å². The van der Waals surface area contributed by atoms with Gasteiger partial charge in [-0.3, -0.25) is 4.79 Å². The number of carboxylic acids is 1. The van der Waals surface area contributed by atoms with Crippen molar-refractivity contribution in [3.63, 3.8) is 0 Å². The maximum absolute atomic E-state index is 12.5. The molecule has 0 fully saturated rings. The van der Waals surface area contributed by atoms with Gasteiger partial charge >= 0.3 is 0 Å². The van der Waals surface area contributed by atoms with Crippen LogP contribution in [-0.2, 0) is 6.54 Å². The number of carboxylic acid groups (broad SMARTS) is 1. The zero-order valence-electron chi connectivity index (χ0n) is 10.9. The largest absolute Gasteiger partial charge is 0.545 e.